The van der Waals surface area contributed by atoms with E-state index in [1.165, 1.54) is 6.07 Å². The van der Waals surface area contributed by atoms with E-state index in [2.05, 4.69) is 4.98 Å². The van der Waals surface area contributed by atoms with Crippen molar-refractivity contribution in [3.05, 3.63) is 34.4 Å². The molecule has 14 heavy (non-hydrogen) atoms. The van der Waals surface area contributed by atoms with Gasteiger partial charge in [0.1, 0.15) is 0 Å². The summed E-state index contributed by atoms with van der Waals surface area (Å²) in [5.41, 5.74) is 0.444. The smallest absolute Gasteiger partial charge is 0.867 e. The Bertz CT molecular complexity index is 476. The van der Waals surface area contributed by atoms with E-state index in [9.17, 15) is 5.11 Å². The van der Waals surface area contributed by atoms with Gasteiger partial charge in [0.15, 0.2) is 6.20 Å². The Balaban J connectivity index is 0.000000980. The van der Waals surface area contributed by atoms with Crippen molar-refractivity contribution < 1.29 is 29.0 Å². The molecule has 5 heteroatoms. The van der Waals surface area contributed by atoms with Crippen molar-refractivity contribution in [3.63, 3.8) is 0 Å². The first-order valence-corrected chi connectivity index (χ1v) is 4.41. The fraction of sp³-hybridized carbons (Fsp3) is 0. The van der Waals surface area contributed by atoms with Crippen LogP contribution in [-0.2, 0) is 0 Å². The quantitative estimate of drug-likeness (QED) is 0.528. The summed E-state index contributed by atoms with van der Waals surface area (Å²) >= 11 is 11.6. The molecule has 1 N–H and O–H groups in total. The second kappa shape index (κ2) is 4.42. The molecule has 0 amide bonds. The average molecular weight is 221 g/mol. The van der Waals surface area contributed by atoms with Gasteiger partial charge in [0.2, 0.25) is 5.52 Å². The molecule has 66 valence electrons. The number of aromatic amines is 1. The number of fused-ring (bicyclic) bond motifs is 1. The van der Waals surface area contributed by atoms with Gasteiger partial charge >= 0.3 is 18.9 Å². The van der Waals surface area contributed by atoms with Gasteiger partial charge < -0.3 is 5.11 Å². The molecule has 0 saturated carbocycles. The molecule has 0 aliphatic carbocycles. The minimum atomic E-state index is -0.221. The summed E-state index contributed by atoms with van der Waals surface area (Å²) < 4.78 is 0. The minimum absolute atomic E-state index is 0. The Hall–Kier alpha value is -0.393. The van der Waals surface area contributed by atoms with Crippen molar-refractivity contribution in [3.8, 4) is 5.75 Å². The van der Waals surface area contributed by atoms with Crippen LogP contribution in [0.1, 0.15) is 0 Å². The Morgan fingerprint density at radius 2 is 1.93 bits per heavy atom. The van der Waals surface area contributed by atoms with Gasteiger partial charge in [-0.05, 0) is 17.9 Å². The first-order valence-electron chi connectivity index (χ1n) is 3.65. The summed E-state index contributed by atoms with van der Waals surface area (Å²) in [4.78, 5) is 2.82. The molecule has 0 spiro atoms. The zero-order chi connectivity index (χ0) is 9.42. The topological polar surface area (TPSA) is 37.2 Å². The molecule has 0 atom stereocenters. The molecule has 1 heterocycles. The Morgan fingerprint density at radius 3 is 2.64 bits per heavy atom. The van der Waals surface area contributed by atoms with Crippen molar-refractivity contribution in [1.82, 2.24) is 0 Å². The third-order valence-electron chi connectivity index (χ3n) is 1.81. The van der Waals surface area contributed by atoms with Crippen LogP contribution in [0.15, 0.2) is 24.4 Å². The molecular formula is C9H5Cl2LiNO+. The summed E-state index contributed by atoms with van der Waals surface area (Å²) in [7, 11) is 0. The maximum atomic E-state index is 11.5. The van der Waals surface area contributed by atoms with Gasteiger partial charge in [-0.3, -0.25) is 0 Å². The van der Waals surface area contributed by atoms with Crippen molar-refractivity contribution >= 4 is 34.1 Å². The zero-order valence-electron chi connectivity index (χ0n) is 7.47. The molecule has 0 saturated heterocycles. The number of pyridine rings is 1. The van der Waals surface area contributed by atoms with E-state index >= 15 is 0 Å². The molecular weight excluding hydrogens is 216 g/mol. The Kier molecular flexibility index (Phi) is 3.69. The Morgan fingerprint density at radius 1 is 1.21 bits per heavy atom. The van der Waals surface area contributed by atoms with Crippen molar-refractivity contribution in [2.45, 2.75) is 0 Å². The van der Waals surface area contributed by atoms with E-state index in [1.807, 2.05) is 0 Å². The van der Waals surface area contributed by atoms with Crippen molar-refractivity contribution in [2.24, 2.45) is 0 Å². The SMILES string of the molecule is [Li+].[O-]c1c(Cl)cc(Cl)c2ccc[nH+]c12. The molecule has 0 radical (unpaired) electrons. The number of halogens is 2. The van der Waals surface area contributed by atoms with Crippen LogP contribution in [0.5, 0.6) is 5.75 Å². The number of aromatic nitrogens is 1. The molecule has 2 nitrogen and oxygen atoms in total. The zero-order valence-corrected chi connectivity index (χ0v) is 8.99. The van der Waals surface area contributed by atoms with Crippen molar-refractivity contribution in [1.29, 1.82) is 0 Å². The summed E-state index contributed by atoms with van der Waals surface area (Å²) in [5.74, 6) is -0.221. The maximum Gasteiger partial charge on any atom is 1.00 e. The van der Waals surface area contributed by atoms with Crippen LogP contribution in [0.2, 0.25) is 10.0 Å². The van der Waals surface area contributed by atoms with Crippen LogP contribution in [0.4, 0.5) is 0 Å². The van der Waals surface area contributed by atoms with Gasteiger partial charge in [-0.15, -0.1) is 0 Å². The van der Waals surface area contributed by atoms with Crippen LogP contribution in [0, 0.1) is 0 Å². The normalized spacial score (nSPS) is 9.86. The van der Waals surface area contributed by atoms with Crippen LogP contribution in [0.3, 0.4) is 0 Å². The van der Waals surface area contributed by atoms with E-state index in [-0.39, 0.29) is 29.6 Å². The fourth-order valence-corrected chi connectivity index (χ4v) is 1.72. The monoisotopic (exact) mass is 220 g/mol. The molecule has 0 bridgehead atoms. The second-order valence-electron chi connectivity index (χ2n) is 2.63. The van der Waals surface area contributed by atoms with Gasteiger partial charge in [-0.25, -0.2) is 4.98 Å². The van der Waals surface area contributed by atoms with Gasteiger partial charge in [0.25, 0.3) is 0 Å². The summed E-state index contributed by atoms with van der Waals surface area (Å²) in [6.45, 7) is 0. The van der Waals surface area contributed by atoms with E-state index in [0.717, 1.165) is 0 Å². The van der Waals surface area contributed by atoms with E-state index in [4.69, 9.17) is 23.2 Å². The number of nitrogens with one attached hydrogen (secondary N) is 1. The maximum absolute atomic E-state index is 11.5. The molecule has 2 aromatic rings. The standard InChI is InChI=1S/C9H5Cl2NO.Li/c10-6-4-7(11)9(13)8-5(6)2-1-3-12-8;/h1-4,13H;/q;+1. The number of H-pyrrole nitrogens is 1. The largest absolute Gasteiger partial charge is 1.00 e. The number of hydrogen-bond donors (Lipinski definition) is 0. The first kappa shape index (κ1) is 11.7. The van der Waals surface area contributed by atoms with E-state index in [1.54, 1.807) is 18.3 Å². The van der Waals surface area contributed by atoms with Gasteiger partial charge in [0, 0.05) is 11.1 Å². The summed E-state index contributed by atoms with van der Waals surface area (Å²) in [6, 6.07) is 5.01. The van der Waals surface area contributed by atoms with Gasteiger partial charge in [-0.1, -0.05) is 23.2 Å². The predicted molar refractivity (Wildman–Crippen MR) is 50.0 cm³/mol. The molecule has 0 fully saturated rings. The number of hydrogen-bond acceptors (Lipinski definition) is 1. The van der Waals surface area contributed by atoms with Crippen molar-refractivity contribution in [2.75, 3.05) is 0 Å². The van der Waals surface area contributed by atoms with E-state index in [0.29, 0.717) is 15.9 Å². The molecule has 1 aromatic carbocycles. The van der Waals surface area contributed by atoms with Crippen LogP contribution >= 0.6 is 23.2 Å². The second-order valence-corrected chi connectivity index (χ2v) is 3.44. The molecule has 0 aliphatic heterocycles. The van der Waals surface area contributed by atoms with Crippen LogP contribution < -0.4 is 29.0 Å². The minimum Gasteiger partial charge on any atom is -0.867 e. The Labute approximate surface area is 103 Å². The third-order valence-corrected chi connectivity index (χ3v) is 2.40. The molecule has 2 rings (SSSR count). The van der Waals surface area contributed by atoms with E-state index < -0.39 is 0 Å². The average Bonchev–Trinajstić information content (AvgIpc) is 2.15. The molecule has 0 aliphatic rings. The van der Waals surface area contributed by atoms with Gasteiger partial charge in [-0.2, -0.15) is 0 Å². The molecule has 0 unspecified atom stereocenters. The van der Waals surface area contributed by atoms with Crippen LogP contribution in [-0.4, -0.2) is 0 Å². The predicted octanol–water partition coefficient (Wildman–Crippen LogP) is -0.962. The third kappa shape index (κ3) is 1.84. The van der Waals surface area contributed by atoms with Gasteiger partial charge in [0.05, 0.1) is 10.4 Å². The fourth-order valence-electron chi connectivity index (χ4n) is 1.20. The first-order chi connectivity index (χ1) is 6.20. The van der Waals surface area contributed by atoms with Crippen LogP contribution in [0.25, 0.3) is 10.9 Å². The number of rotatable bonds is 0. The number of benzene rings is 1. The summed E-state index contributed by atoms with van der Waals surface area (Å²) in [6.07, 6.45) is 1.66. The summed E-state index contributed by atoms with van der Waals surface area (Å²) in [5, 5.41) is 12.8. The molecule has 1 aromatic heterocycles.